The van der Waals surface area contributed by atoms with Crippen LogP contribution >= 0.6 is 11.6 Å². The lowest BCUT2D eigenvalue weighted by Crippen LogP contribution is -2.14. The summed E-state index contributed by atoms with van der Waals surface area (Å²) in [7, 11) is 0. The summed E-state index contributed by atoms with van der Waals surface area (Å²) in [5, 5.41) is 14.0. The number of hydrogen-bond donors (Lipinski definition) is 1. The number of pyridine rings is 1. The molecule has 2 aromatic carbocycles. The highest BCUT2D eigenvalue weighted by Gasteiger charge is 2.20. The van der Waals surface area contributed by atoms with Crippen LogP contribution in [0.4, 0.5) is 11.4 Å². The molecule has 138 valence electrons. The van der Waals surface area contributed by atoms with Gasteiger partial charge in [0.1, 0.15) is 5.56 Å². The second-order valence-electron chi connectivity index (χ2n) is 5.77. The minimum Gasteiger partial charge on any atom is -0.434 e. The van der Waals surface area contributed by atoms with Crippen molar-refractivity contribution in [1.82, 2.24) is 9.97 Å². The minimum atomic E-state index is -0.648. The summed E-state index contributed by atoms with van der Waals surface area (Å²) in [5.74, 6) is -0.336. The average molecular weight is 395 g/mol. The molecule has 2 aromatic heterocycles. The maximum atomic E-state index is 12.6. The second-order valence-corrected chi connectivity index (χ2v) is 6.17. The molecule has 1 N–H and O–H groups in total. The Bertz CT molecular complexity index is 1190. The molecule has 0 bridgehead atoms. The highest BCUT2D eigenvalue weighted by atomic mass is 35.5. The van der Waals surface area contributed by atoms with Crippen LogP contribution in [0.25, 0.3) is 22.7 Å². The number of rotatable bonds is 4. The second kappa shape index (κ2) is 7.09. The number of hydrogen-bond acceptors (Lipinski definition) is 6. The van der Waals surface area contributed by atoms with Crippen molar-refractivity contribution >= 4 is 40.1 Å². The minimum absolute atomic E-state index is 0.0694. The van der Waals surface area contributed by atoms with Gasteiger partial charge in [-0.1, -0.05) is 23.7 Å². The summed E-state index contributed by atoms with van der Waals surface area (Å²) in [6.07, 6.45) is 1.61. The van der Waals surface area contributed by atoms with E-state index in [1.807, 2.05) is 0 Å². The van der Waals surface area contributed by atoms with E-state index < -0.39 is 10.8 Å². The molecule has 4 aromatic rings. The van der Waals surface area contributed by atoms with Crippen molar-refractivity contribution in [2.45, 2.75) is 0 Å². The van der Waals surface area contributed by atoms with Crippen molar-refractivity contribution in [3.05, 3.63) is 81.5 Å². The van der Waals surface area contributed by atoms with E-state index in [2.05, 4.69) is 15.3 Å². The Kier molecular flexibility index (Phi) is 4.46. The first-order valence-corrected chi connectivity index (χ1v) is 8.47. The van der Waals surface area contributed by atoms with Gasteiger partial charge < -0.3 is 9.73 Å². The number of nitro groups is 1. The van der Waals surface area contributed by atoms with Gasteiger partial charge >= 0.3 is 0 Å². The van der Waals surface area contributed by atoms with E-state index in [0.29, 0.717) is 22.7 Å². The Hall–Kier alpha value is -3.78. The highest BCUT2D eigenvalue weighted by molar-refractivity contribution is 6.34. The first-order valence-electron chi connectivity index (χ1n) is 8.09. The van der Waals surface area contributed by atoms with Crippen LogP contribution in [0.3, 0.4) is 0 Å². The third-order valence-electron chi connectivity index (χ3n) is 3.97. The SMILES string of the molecule is O=C(Nc1cc(-c2nc3ncccc3o2)ccc1Cl)c1ccccc1[N+](=O)[O-]. The third-order valence-corrected chi connectivity index (χ3v) is 4.30. The van der Waals surface area contributed by atoms with Gasteiger partial charge in [0.25, 0.3) is 11.6 Å². The maximum absolute atomic E-state index is 12.6. The number of oxazole rings is 1. The molecule has 1 amide bonds. The molecule has 0 spiro atoms. The molecule has 0 aliphatic heterocycles. The van der Waals surface area contributed by atoms with Crippen LogP contribution in [-0.2, 0) is 0 Å². The summed E-state index contributed by atoms with van der Waals surface area (Å²) < 4.78 is 5.67. The number of halogens is 1. The van der Waals surface area contributed by atoms with E-state index in [1.54, 1.807) is 42.6 Å². The largest absolute Gasteiger partial charge is 0.434 e. The molecule has 0 fully saturated rings. The summed E-state index contributed by atoms with van der Waals surface area (Å²) >= 11 is 6.18. The molecule has 2 heterocycles. The molecule has 0 aliphatic rings. The van der Waals surface area contributed by atoms with E-state index in [4.69, 9.17) is 16.0 Å². The monoisotopic (exact) mass is 394 g/mol. The number of para-hydroxylation sites is 1. The molecule has 8 nitrogen and oxygen atoms in total. The molecule has 0 saturated carbocycles. The predicted octanol–water partition coefficient (Wildman–Crippen LogP) is 4.70. The molecule has 9 heteroatoms. The summed E-state index contributed by atoms with van der Waals surface area (Å²) in [5.41, 5.74) is 1.46. The number of benzene rings is 2. The Morgan fingerprint density at radius 3 is 2.75 bits per heavy atom. The molecule has 0 unspecified atom stereocenters. The number of fused-ring (bicyclic) bond motifs is 1. The molecule has 0 saturated heterocycles. The number of anilines is 1. The summed E-state index contributed by atoms with van der Waals surface area (Å²) in [6.45, 7) is 0. The lowest BCUT2D eigenvalue weighted by Gasteiger charge is -2.09. The lowest BCUT2D eigenvalue weighted by atomic mass is 10.1. The van der Waals surface area contributed by atoms with Gasteiger partial charge in [-0.25, -0.2) is 4.98 Å². The van der Waals surface area contributed by atoms with Gasteiger partial charge in [0.2, 0.25) is 5.89 Å². The maximum Gasteiger partial charge on any atom is 0.282 e. The zero-order valence-corrected chi connectivity index (χ0v) is 14.9. The van der Waals surface area contributed by atoms with Crippen molar-refractivity contribution in [3.8, 4) is 11.5 Å². The van der Waals surface area contributed by atoms with E-state index in [1.165, 1.54) is 18.2 Å². The number of amides is 1. The van der Waals surface area contributed by atoms with Crippen LogP contribution in [-0.4, -0.2) is 20.8 Å². The van der Waals surface area contributed by atoms with Gasteiger partial charge in [-0.2, -0.15) is 4.98 Å². The standard InChI is InChI=1S/C19H11ClN4O4/c20-13-8-7-11(19-23-17-16(28-19)6-3-9-21-17)10-14(13)22-18(25)12-4-1-2-5-15(12)24(26)27/h1-10H,(H,22,25). The van der Waals surface area contributed by atoms with E-state index in [9.17, 15) is 14.9 Å². The van der Waals surface area contributed by atoms with Crippen LogP contribution in [0.1, 0.15) is 10.4 Å². The molecule has 0 aliphatic carbocycles. The van der Waals surface area contributed by atoms with Gasteiger partial charge in [0.15, 0.2) is 11.2 Å². The summed E-state index contributed by atoms with van der Waals surface area (Å²) in [6, 6.07) is 14.0. The normalized spacial score (nSPS) is 10.8. The molecule has 4 rings (SSSR count). The first kappa shape index (κ1) is 17.6. The van der Waals surface area contributed by atoms with E-state index in [0.717, 1.165) is 0 Å². The van der Waals surface area contributed by atoms with E-state index in [-0.39, 0.29) is 22.0 Å². The molecular weight excluding hydrogens is 384 g/mol. The summed E-state index contributed by atoms with van der Waals surface area (Å²) in [4.78, 5) is 31.5. The predicted molar refractivity (Wildman–Crippen MR) is 103 cm³/mol. The fraction of sp³-hybridized carbons (Fsp3) is 0. The van der Waals surface area contributed by atoms with Gasteiger partial charge in [-0.3, -0.25) is 14.9 Å². The van der Waals surface area contributed by atoms with Gasteiger partial charge in [0, 0.05) is 17.8 Å². The quantitative estimate of drug-likeness (QED) is 0.396. The number of carbonyl (C=O) groups is 1. The zero-order chi connectivity index (χ0) is 19.7. The van der Waals surface area contributed by atoms with Crippen LogP contribution in [0, 0.1) is 10.1 Å². The Morgan fingerprint density at radius 1 is 1.14 bits per heavy atom. The smallest absolute Gasteiger partial charge is 0.282 e. The fourth-order valence-corrected chi connectivity index (χ4v) is 2.83. The van der Waals surface area contributed by atoms with Crippen LogP contribution in [0.2, 0.25) is 5.02 Å². The van der Waals surface area contributed by atoms with Crippen molar-refractivity contribution in [1.29, 1.82) is 0 Å². The first-order chi connectivity index (χ1) is 13.5. The van der Waals surface area contributed by atoms with Gasteiger partial charge in [-0.15, -0.1) is 0 Å². The highest BCUT2D eigenvalue weighted by Crippen LogP contribution is 2.31. The average Bonchev–Trinajstić information content (AvgIpc) is 3.13. The van der Waals surface area contributed by atoms with Crippen molar-refractivity contribution in [3.63, 3.8) is 0 Å². The van der Waals surface area contributed by atoms with Crippen LogP contribution < -0.4 is 5.32 Å². The number of carbonyl (C=O) groups excluding carboxylic acids is 1. The lowest BCUT2D eigenvalue weighted by molar-refractivity contribution is -0.385. The number of nitrogens with zero attached hydrogens (tertiary/aromatic N) is 3. The van der Waals surface area contributed by atoms with Crippen molar-refractivity contribution < 1.29 is 14.1 Å². The Balaban J connectivity index is 1.68. The molecular formula is C19H11ClN4O4. The van der Waals surface area contributed by atoms with Gasteiger partial charge in [0.05, 0.1) is 15.6 Å². The number of aromatic nitrogens is 2. The number of nitro benzene ring substituents is 1. The third kappa shape index (κ3) is 3.28. The van der Waals surface area contributed by atoms with E-state index >= 15 is 0 Å². The number of nitrogens with one attached hydrogen (secondary N) is 1. The van der Waals surface area contributed by atoms with Crippen LogP contribution in [0.5, 0.6) is 0 Å². The van der Waals surface area contributed by atoms with Crippen molar-refractivity contribution in [2.24, 2.45) is 0 Å². The zero-order valence-electron chi connectivity index (χ0n) is 14.1. The fourth-order valence-electron chi connectivity index (χ4n) is 2.66. The Morgan fingerprint density at radius 2 is 1.96 bits per heavy atom. The van der Waals surface area contributed by atoms with Crippen LogP contribution in [0.15, 0.2) is 65.2 Å². The topological polar surface area (TPSA) is 111 Å². The molecule has 28 heavy (non-hydrogen) atoms. The Labute approximate surface area is 162 Å². The molecule has 0 radical (unpaired) electrons. The molecule has 0 atom stereocenters. The van der Waals surface area contributed by atoms with Crippen molar-refractivity contribution in [2.75, 3.05) is 5.32 Å². The van der Waals surface area contributed by atoms with Gasteiger partial charge in [-0.05, 0) is 36.4 Å².